The van der Waals surface area contributed by atoms with Crippen molar-refractivity contribution in [3.63, 3.8) is 0 Å². The molecule has 0 radical (unpaired) electrons. The van der Waals surface area contributed by atoms with Crippen LogP contribution in [-0.4, -0.2) is 48.2 Å². The smallest absolute Gasteiger partial charge is 0.325 e. The highest BCUT2D eigenvalue weighted by Gasteiger charge is 2.43. The zero-order chi connectivity index (χ0) is 18.6. The van der Waals surface area contributed by atoms with Gasteiger partial charge in [-0.05, 0) is 37.6 Å². The Hall–Kier alpha value is -2.97. The maximum Gasteiger partial charge on any atom is 0.325 e. The third-order valence-corrected chi connectivity index (χ3v) is 3.59. The summed E-state index contributed by atoms with van der Waals surface area (Å²) in [5.41, 5.74) is 1.73. The van der Waals surface area contributed by atoms with Gasteiger partial charge < -0.3 is 10.1 Å². The molecule has 1 aromatic carbocycles. The number of halogens is 1. The first kappa shape index (κ1) is 18.4. The molecule has 2 N–H and O–H groups in total. The summed E-state index contributed by atoms with van der Waals surface area (Å²) in [5.74, 6) is -1.30. The minimum Gasteiger partial charge on any atom is -0.494 e. The molecule has 2 rings (SSSR count). The van der Waals surface area contributed by atoms with Crippen LogP contribution in [0.3, 0.4) is 0 Å². The number of nitrogens with one attached hydrogen (secondary N) is 2. The van der Waals surface area contributed by atoms with Gasteiger partial charge >= 0.3 is 6.03 Å². The number of carbonyl (C=O) groups is 3. The fourth-order valence-corrected chi connectivity index (χ4v) is 2.23. The van der Waals surface area contributed by atoms with Gasteiger partial charge in [0.25, 0.3) is 5.91 Å². The second-order valence-corrected chi connectivity index (χ2v) is 5.95. The molecule has 25 heavy (non-hydrogen) atoms. The van der Waals surface area contributed by atoms with E-state index in [0.717, 1.165) is 4.90 Å². The van der Waals surface area contributed by atoms with Crippen molar-refractivity contribution in [2.24, 2.45) is 5.10 Å². The van der Waals surface area contributed by atoms with Crippen LogP contribution in [0.4, 0.5) is 9.18 Å². The molecule has 9 heteroatoms. The molecule has 0 unspecified atom stereocenters. The van der Waals surface area contributed by atoms with Gasteiger partial charge in [0.1, 0.15) is 5.54 Å². The molecular formula is C16H19FN4O4. The number of carbonyl (C=O) groups excluding carboxylic acids is 3. The largest absolute Gasteiger partial charge is 0.494 e. The maximum absolute atomic E-state index is 13.5. The van der Waals surface area contributed by atoms with Crippen LogP contribution in [0, 0.1) is 5.82 Å². The van der Waals surface area contributed by atoms with Crippen molar-refractivity contribution in [1.29, 1.82) is 0 Å². The van der Waals surface area contributed by atoms with Gasteiger partial charge in [-0.2, -0.15) is 5.10 Å². The fraction of sp³-hybridized carbons (Fsp3) is 0.375. The Morgan fingerprint density at radius 3 is 2.72 bits per heavy atom. The molecule has 0 saturated carbocycles. The van der Waals surface area contributed by atoms with E-state index in [1.54, 1.807) is 19.9 Å². The number of amides is 4. The van der Waals surface area contributed by atoms with Gasteiger partial charge in [0, 0.05) is 13.0 Å². The Labute approximate surface area is 144 Å². The maximum atomic E-state index is 13.5. The number of hydrogen-bond acceptors (Lipinski definition) is 5. The van der Waals surface area contributed by atoms with E-state index in [2.05, 4.69) is 15.8 Å². The first-order valence-electron chi connectivity index (χ1n) is 7.54. The fourth-order valence-electron chi connectivity index (χ4n) is 2.23. The van der Waals surface area contributed by atoms with E-state index in [0.29, 0.717) is 5.56 Å². The molecule has 0 atom stereocenters. The third-order valence-electron chi connectivity index (χ3n) is 3.59. The average Bonchev–Trinajstić information content (AvgIpc) is 2.73. The van der Waals surface area contributed by atoms with Crippen LogP contribution in [-0.2, 0) is 9.59 Å². The van der Waals surface area contributed by atoms with E-state index >= 15 is 0 Å². The summed E-state index contributed by atoms with van der Waals surface area (Å²) in [6, 6.07) is 3.70. The molecule has 0 aromatic heterocycles. The summed E-state index contributed by atoms with van der Waals surface area (Å²) < 4.78 is 18.3. The normalized spacial score (nSPS) is 16.2. The van der Waals surface area contributed by atoms with E-state index < -0.39 is 23.3 Å². The molecule has 1 aromatic rings. The van der Waals surface area contributed by atoms with Crippen LogP contribution in [0.2, 0.25) is 0 Å². The number of rotatable bonds is 6. The number of nitrogens with zero attached hydrogens (tertiary/aromatic N) is 2. The molecule has 8 nitrogen and oxygen atoms in total. The van der Waals surface area contributed by atoms with Crippen molar-refractivity contribution in [3.05, 3.63) is 29.6 Å². The number of benzene rings is 1. The lowest BCUT2D eigenvalue weighted by Crippen LogP contribution is -2.40. The van der Waals surface area contributed by atoms with Crippen molar-refractivity contribution >= 4 is 24.1 Å². The van der Waals surface area contributed by atoms with Gasteiger partial charge in [-0.15, -0.1) is 0 Å². The van der Waals surface area contributed by atoms with E-state index in [-0.39, 0.29) is 24.6 Å². The highest BCUT2D eigenvalue weighted by atomic mass is 19.1. The minimum absolute atomic E-state index is 0.0490. The van der Waals surface area contributed by atoms with Crippen LogP contribution in [0.15, 0.2) is 23.3 Å². The average molecular weight is 350 g/mol. The van der Waals surface area contributed by atoms with Crippen molar-refractivity contribution < 1.29 is 23.5 Å². The Balaban J connectivity index is 1.84. The molecule has 0 spiro atoms. The molecule has 1 heterocycles. The third kappa shape index (κ3) is 4.31. The SMILES string of the molecule is COc1ccc(/C=N\NC(=O)CCN2C(=O)NC(C)(C)C2=O)cc1F. The molecule has 1 fully saturated rings. The van der Waals surface area contributed by atoms with Gasteiger partial charge in [0.15, 0.2) is 11.6 Å². The lowest BCUT2D eigenvalue weighted by atomic mass is 10.1. The van der Waals surface area contributed by atoms with Crippen LogP contribution < -0.4 is 15.5 Å². The second-order valence-electron chi connectivity index (χ2n) is 5.95. The summed E-state index contributed by atoms with van der Waals surface area (Å²) in [6.07, 6.45) is 1.18. The highest BCUT2D eigenvalue weighted by molar-refractivity contribution is 6.06. The van der Waals surface area contributed by atoms with Crippen LogP contribution in [0.25, 0.3) is 0 Å². The zero-order valence-corrected chi connectivity index (χ0v) is 14.1. The summed E-state index contributed by atoms with van der Waals surface area (Å²) in [4.78, 5) is 36.4. The number of hydrazone groups is 1. The van der Waals surface area contributed by atoms with Crippen LogP contribution in [0.5, 0.6) is 5.75 Å². The Morgan fingerprint density at radius 1 is 1.44 bits per heavy atom. The zero-order valence-electron chi connectivity index (χ0n) is 14.1. The summed E-state index contributed by atoms with van der Waals surface area (Å²) in [6.45, 7) is 3.13. The standard InChI is InChI=1S/C16H19FN4O4/c1-16(2)14(23)21(15(24)19-16)7-6-13(22)20-18-9-10-4-5-12(25-3)11(17)8-10/h4-5,8-9H,6-7H2,1-3H3,(H,19,24)(H,20,22)/b18-9-. The number of imide groups is 1. The summed E-state index contributed by atoms with van der Waals surface area (Å²) in [7, 11) is 1.36. The van der Waals surface area contributed by atoms with Crippen molar-refractivity contribution in [1.82, 2.24) is 15.6 Å². The van der Waals surface area contributed by atoms with Crippen molar-refractivity contribution in [2.75, 3.05) is 13.7 Å². The molecule has 0 bridgehead atoms. The number of urea groups is 1. The molecule has 1 aliphatic heterocycles. The van der Waals surface area contributed by atoms with E-state index in [1.807, 2.05) is 0 Å². The monoisotopic (exact) mass is 350 g/mol. The van der Waals surface area contributed by atoms with E-state index in [4.69, 9.17) is 4.74 Å². The van der Waals surface area contributed by atoms with Crippen LogP contribution >= 0.6 is 0 Å². The predicted molar refractivity (Wildman–Crippen MR) is 87.6 cm³/mol. The number of ether oxygens (including phenoxy) is 1. The quantitative estimate of drug-likeness (QED) is 0.454. The van der Waals surface area contributed by atoms with Gasteiger partial charge in [0.2, 0.25) is 5.91 Å². The van der Waals surface area contributed by atoms with Crippen LogP contribution in [0.1, 0.15) is 25.8 Å². The molecule has 0 aliphatic carbocycles. The molecule has 1 aliphatic rings. The molecular weight excluding hydrogens is 331 g/mol. The first-order chi connectivity index (χ1) is 11.7. The topological polar surface area (TPSA) is 100 Å². The van der Waals surface area contributed by atoms with Gasteiger partial charge in [-0.1, -0.05) is 0 Å². The van der Waals surface area contributed by atoms with Crippen molar-refractivity contribution in [2.45, 2.75) is 25.8 Å². The molecule has 1 saturated heterocycles. The van der Waals surface area contributed by atoms with Crippen molar-refractivity contribution in [3.8, 4) is 5.75 Å². The van der Waals surface area contributed by atoms with Gasteiger partial charge in [-0.3, -0.25) is 14.5 Å². The lowest BCUT2D eigenvalue weighted by molar-refractivity contribution is -0.130. The predicted octanol–water partition coefficient (Wildman–Crippen LogP) is 1.00. The number of methoxy groups -OCH3 is 1. The molecule has 4 amide bonds. The van der Waals surface area contributed by atoms with Gasteiger partial charge in [0.05, 0.1) is 13.3 Å². The highest BCUT2D eigenvalue weighted by Crippen LogP contribution is 2.17. The Morgan fingerprint density at radius 2 is 2.16 bits per heavy atom. The Bertz CT molecular complexity index is 733. The van der Waals surface area contributed by atoms with E-state index in [1.165, 1.54) is 25.5 Å². The summed E-state index contributed by atoms with van der Waals surface area (Å²) in [5, 5.41) is 6.24. The first-order valence-corrected chi connectivity index (χ1v) is 7.54. The van der Waals surface area contributed by atoms with E-state index in [9.17, 15) is 18.8 Å². The summed E-state index contributed by atoms with van der Waals surface area (Å²) >= 11 is 0. The number of hydrogen-bond donors (Lipinski definition) is 2. The Kier molecular flexibility index (Phi) is 5.35. The van der Waals surface area contributed by atoms with Gasteiger partial charge in [-0.25, -0.2) is 14.6 Å². The molecule has 134 valence electrons. The minimum atomic E-state index is -0.968. The second kappa shape index (κ2) is 7.29. The lowest BCUT2D eigenvalue weighted by Gasteiger charge is -2.15.